The molecule has 0 aliphatic carbocycles. The molecule has 1 aliphatic heterocycles. The summed E-state index contributed by atoms with van der Waals surface area (Å²) in [6.45, 7) is 0.522. The van der Waals surface area contributed by atoms with Crippen LogP contribution in [0.4, 0.5) is 4.39 Å². The van der Waals surface area contributed by atoms with Crippen molar-refractivity contribution in [1.82, 2.24) is 20.1 Å². The van der Waals surface area contributed by atoms with Crippen LogP contribution in [0.25, 0.3) is 11.4 Å². The first-order valence-electron chi connectivity index (χ1n) is 6.71. The van der Waals surface area contributed by atoms with Crippen LogP contribution in [-0.2, 0) is 17.8 Å². The van der Waals surface area contributed by atoms with Gasteiger partial charge in [-0.25, -0.2) is 4.39 Å². The first-order chi connectivity index (χ1) is 10.2. The molecule has 0 bridgehead atoms. The molecule has 0 radical (unpaired) electrons. The van der Waals surface area contributed by atoms with E-state index in [9.17, 15) is 9.18 Å². The number of aromatic nitrogens is 3. The van der Waals surface area contributed by atoms with Crippen LogP contribution in [0.3, 0.4) is 0 Å². The minimum absolute atomic E-state index is 0.0368. The molecule has 110 valence electrons. The molecule has 2 aromatic rings. The lowest BCUT2D eigenvalue weighted by atomic mass is 10.1. The second-order valence-corrected chi connectivity index (χ2v) is 5.23. The van der Waals surface area contributed by atoms with Crippen molar-refractivity contribution in [3.05, 3.63) is 35.9 Å². The van der Waals surface area contributed by atoms with E-state index >= 15 is 0 Å². The Morgan fingerprint density at radius 1 is 1.43 bits per heavy atom. The summed E-state index contributed by atoms with van der Waals surface area (Å²) in [5.41, 5.74) is 0.417. The third-order valence-corrected chi connectivity index (χ3v) is 3.79. The number of halogens is 2. The van der Waals surface area contributed by atoms with Crippen molar-refractivity contribution in [2.45, 2.75) is 25.4 Å². The zero-order valence-electron chi connectivity index (χ0n) is 11.2. The number of aryl methyl sites for hydroxylation is 1. The third kappa shape index (κ3) is 2.76. The lowest BCUT2D eigenvalue weighted by Crippen LogP contribution is -2.41. The van der Waals surface area contributed by atoms with Crippen molar-refractivity contribution in [3.8, 4) is 11.4 Å². The topological polar surface area (TPSA) is 59.8 Å². The van der Waals surface area contributed by atoms with Crippen LogP contribution in [-0.4, -0.2) is 32.6 Å². The van der Waals surface area contributed by atoms with E-state index in [2.05, 4.69) is 15.5 Å². The van der Waals surface area contributed by atoms with E-state index in [0.29, 0.717) is 24.4 Å². The first kappa shape index (κ1) is 14.0. The fourth-order valence-corrected chi connectivity index (χ4v) is 2.63. The third-order valence-electron chi connectivity index (χ3n) is 3.55. The predicted molar refractivity (Wildman–Crippen MR) is 76.4 cm³/mol. The molecule has 2 heterocycles. The number of rotatable bonds is 3. The Labute approximate surface area is 126 Å². The van der Waals surface area contributed by atoms with Crippen molar-refractivity contribution in [1.29, 1.82) is 0 Å². The van der Waals surface area contributed by atoms with Gasteiger partial charge in [0.1, 0.15) is 17.5 Å². The summed E-state index contributed by atoms with van der Waals surface area (Å²) in [5.74, 6) is 0.703. The van der Waals surface area contributed by atoms with E-state index < -0.39 is 0 Å². The molecule has 0 saturated carbocycles. The van der Waals surface area contributed by atoms with Gasteiger partial charge in [-0.1, -0.05) is 12.1 Å². The lowest BCUT2D eigenvalue weighted by Gasteiger charge is -2.25. The maximum Gasteiger partial charge on any atom is 0.235 e. The van der Waals surface area contributed by atoms with E-state index in [4.69, 9.17) is 11.6 Å². The van der Waals surface area contributed by atoms with Crippen molar-refractivity contribution >= 4 is 17.5 Å². The SMILES string of the molecule is O=C(CCl)NC1CCc2nnc(-c3ccccc3F)n2C1. The van der Waals surface area contributed by atoms with Crippen LogP contribution < -0.4 is 5.32 Å². The number of alkyl halides is 1. The molecule has 1 atom stereocenters. The standard InChI is InChI=1S/C14H14ClFN4O/c15-7-13(21)17-9-5-6-12-18-19-14(20(12)8-9)10-3-1-2-4-11(10)16/h1-4,9H,5-8H2,(H,17,21). The van der Waals surface area contributed by atoms with Crippen LogP contribution in [0.5, 0.6) is 0 Å². The largest absolute Gasteiger partial charge is 0.351 e. The van der Waals surface area contributed by atoms with Gasteiger partial charge in [-0.15, -0.1) is 21.8 Å². The van der Waals surface area contributed by atoms with Gasteiger partial charge in [-0.3, -0.25) is 4.79 Å². The van der Waals surface area contributed by atoms with Crippen molar-refractivity contribution in [3.63, 3.8) is 0 Å². The number of carbonyl (C=O) groups excluding carboxylic acids is 1. The molecule has 21 heavy (non-hydrogen) atoms. The molecule has 1 N–H and O–H groups in total. The molecule has 1 aromatic heterocycles. The van der Waals surface area contributed by atoms with Crippen LogP contribution in [0.1, 0.15) is 12.2 Å². The molecule has 1 amide bonds. The Morgan fingerprint density at radius 2 is 2.24 bits per heavy atom. The smallest absolute Gasteiger partial charge is 0.235 e. The monoisotopic (exact) mass is 308 g/mol. The maximum atomic E-state index is 13.9. The number of benzene rings is 1. The van der Waals surface area contributed by atoms with Gasteiger partial charge in [0.25, 0.3) is 0 Å². The predicted octanol–water partition coefficient (Wildman–Crippen LogP) is 1.75. The van der Waals surface area contributed by atoms with E-state index in [1.54, 1.807) is 18.2 Å². The summed E-state index contributed by atoms with van der Waals surface area (Å²) < 4.78 is 15.8. The fraction of sp³-hybridized carbons (Fsp3) is 0.357. The lowest BCUT2D eigenvalue weighted by molar-refractivity contribution is -0.119. The van der Waals surface area contributed by atoms with Gasteiger partial charge in [0.15, 0.2) is 5.82 Å². The van der Waals surface area contributed by atoms with E-state index in [-0.39, 0.29) is 23.6 Å². The summed E-state index contributed by atoms with van der Waals surface area (Å²) in [4.78, 5) is 11.4. The van der Waals surface area contributed by atoms with E-state index in [1.807, 2.05) is 4.57 Å². The van der Waals surface area contributed by atoms with E-state index in [0.717, 1.165) is 12.2 Å². The summed E-state index contributed by atoms with van der Waals surface area (Å²) in [6.07, 6.45) is 1.46. The average molecular weight is 309 g/mol. The Morgan fingerprint density at radius 3 is 3.00 bits per heavy atom. The van der Waals surface area contributed by atoms with Crippen molar-refractivity contribution in [2.24, 2.45) is 0 Å². The molecule has 0 fully saturated rings. The zero-order chi connectivity index (χ0) is 14.8. The molecule has 1 unspecified atom stereocenters. The number of hydrogen-bond acceptors (Lipinski definition) is 3. The Kier molecular flexibility index (Phi) is 3.88. The molecular formula is C14H14ClFN4O. The summed E-state index contributed by atoms with van der Waals surface area (Å²) >= 11 is 5.51. The zero-order valence-corrected chi connectivity index (χ0v) is 12.0. The first-order valence-corrected chi connectivity index (χ1v) is 7.25. The molecular weight excluding hydrogens is 295 g/mol. The van der Waals surface area contributed by atoms with Crippen molar-refractivity contribution in [2.75, 3.05) is 5.88 Å². The van der Waals surface area contributed by atoms with Gasteiger partial charge in [0.2, 0.25) is 5.91 Å². The molecule has 5 nitrogen and oxygen atoms in total. The number of amides is 1. The summed E-state index contributed by atoms with van der Waals surface area (Å²) in [5, 5.41) is 11.1. The summed E-state index contributed by atoms with van der Waals surface area (Å²) in [7, 11) is 0. The Bertz CT molecular complexity index is 673. The molecule has 7 heteroatoms. The second-order valence-electron chi connectivity index (χ2n) is 4.97. The highest BCUT2D eigenvalue weighted by molar-refractivity contribution is 6.27. The van der Waals surface area contributed by atoms with Gasteiger partial charge in [-0.2, -0.15) is 0 Å². The Balaban J connectivity index is 1.89. The van der Waals surface area contributed by atoms with Crippen molar-refractivity contribution < 1.29 is 9.18 Å². The second kappa shape index (κ2) is 5.81. The summed E-state index contributed by atoms with van der Waals surface area (Å²) in [6, 6.07) is 6.43. The minimum Gasteiger partial charge on any atom is -0.351 e. The van der Waals surface area contributed by atoms with Gasteiger partial charge in [0, 0.05) is 19.0 Å². The Hall–Kier alpha value is -1.95. The van der Waals surface area contributed by atoms with E-state index in [1.165, 1.54) is 6.07 Å². The van der Waals surface area contributed by atoms with Gasteiger partial charge in [0.05, 0.1) is 5.56 Å². The highest BCUT2D eigenvalue weighted by Gasteiger charge is 2.25. The normalized spacial score (nSPS) is 17.3. The van der Waals surface area contributed by atoms with Gasteiger partial charge in [-0.05, 0) is 18.6 Å². The van der Waals surface area contributed by atoms with Crippen LogP contribution in [0, 0.1) is 5.82 Å². The average Bonchev–Trinajstić information content (AvgIpc) is 2.90. The fourth-order valence-electron chi connectivity index (χ4n) is 2.55. The molecule has 3 rings (SSSR count). The number of hydrogen-bond donors (Lipinski definition) is 1. The van der Waals surface area contributed by atoms with Crippen LogP contribution >= 0.6 is 11.6 Å². The number of fused-ring (bicyclic) bond motifs is 1. The molecule has 0 saturated heterocycles. The highest BCUT2D eigenvalue weighted by Crippen LogP contribution is 2.25. The van der Waals surface area contributed by atoms with Gasteiger partial charge < -0.3 is 9.88 Å². The number of nitrogens with zero attached hydrogens (tertiary/aromatic N) is 3. The number of carbonyl (C=O) groups is 1. The number of nitrogens with one attached hydrogen (secondary N) is 1. The molecule has 0 spiro atoms. The van der Waals surface area contributed by atoms with Gasteiger partial charge >= 0.3 is 0 Å². The maximum absolute atomic E-state index is 13.9. The quantitative estimate of drug-likeness (QED) is 0.879. The molecule has 1 aromatic carbocycles. The highest BCUT2D eigenvalue weighted by atomic mass is 35.5. The van der Waals surface area contributed by atoms with Crippen LogP contribution in [0.15, 0.2) is 24.3 Å². The van der Waals surface area contributed by atoms with Crippen LogP contribution in [0.2, 0.25) is 0 Å². The minimum atomic E-state index is -0.334. The molecule has 1 aliphatic rings.